The molecule has 0 aliphatic rings. The second-order valence-corrected chi connectivity index (χ2v) is 8.04. The lowest BCUT2D eigenvalue weighted by Gasteiger charge is -2.09. The fourth-order valence-corrected chi connectivity index (χ4v) is 3.84. The van der Waals surface area contributed by atoms with Crippen molar-refractivity contribution in [2.45, 2.75) is 25.0 Å². The van der Waals surface area contributed by atoms with Gasteiger partial charge in [0.15, 0.2) is 5.16 Å². The summed E-state index contributed by atoms with van der Waals surface area (Å²) in [6.45, 7) is 2.41. The molecule has 0 fully saturated rings. The number of nitrogens with one attached hydrogen (secondary N) is 2. The molecule has 0 unspecified atom stereocenters. The van der Waals surface area contributed by atoms with Crippen molar-refractivity contribution in [3.8, 4) is 0 Å². The Morgan fingerprint density at radius 2 is 1.81 bits per heavy atom. The van der Waals surface area contributed by atoms with Crippen LogP contribution in [0.4, 0.5) is 15.8 Å². The first-order valence-corrected chi connectivity index (χ1v) is 11.0. The number of anilines is 2. The van der Waals surface area contributed by atoms with E-state index >= 15 is 0 Å². The van der Waals surface area contributed by atoms with E-state index in [9.17, 15) is 14.0 Å². The average Bonchev–Trinajstić information content (AvgIpc) is 3.13. The maximum absolute atomic E-state index is 13.0. The Morgan fingerprint density at radius 1 is 1.06 bits per heavy atom. The minimum atomic E-state index is -0.382. The third-order valence-electron chi connectivity index (χ3n) is 4.11. The second-order valence-electron chi connectivity index (χ2n) is 6.31. The molecule has 0 saturated carbocycles. The lowest BCUT2D eigenvalue weighted by atomic mass is 10.3. The highest BCUT2D eigenvalue weighted by Crippen LogP contribution is 2.29. The van der Waals surface area contributed by atoms with Gasteiger partial charge in [-0.05, 0) is 43.3 Å². The monoisotopic (exact) mass is 481 g/mol. The molecule has 2 aromatic carbocycles. The number of carbonyl (C=O) groups is 2. The fourth-order valence-electron chi connectivity index (χ4n) is 2.67. The third-order valence-corrected chi connectivity index (χ3v) is 5.90. The maximum atomic E-state index is 13.0. The van der Waals surface area contributed by atoms with Gasteiger partial charge in [-0.3, -0.25) is 9.59 Å². The summed E-state index contributed by atoms with van der Waals surface area (Å²) in [5.74, 6) is -0.438. The summed E-state index contributed by atoms with van der Waals surface area (Å²) in [4.78, 5) is 24.6. The Morgan fingerprint density at radius 3 is 2.52 bits per heavy atom. The molecular formula is C20H18Cl2FN5O2S. The highest BCUT2D eigenvalue weighted by molar-refractivity contribution is 7.99. The minimum Gasteiger partial charge on any atom is -0.326 e. The van der Waals surface area contributed by atoms with Crippen LogP contribution >= 0.6 is 35.0 Å². The van der Waals surface area contributed by atoms with Crippen LogP contribution in [-0.2, 0) is 22.6 Å². The van der Waals surface area contributed by atoms with Crippen molar-refractivity contribution in [2.24, 2.45) is 0 Å². The summed E-state index contributed by atoms with van der Waals surface area (Å²) >= 11 is 13.2. The maximum Gasteiger partial charge on any atom is 0.234 e. The van der Waals surface area contributed by atoms with E-state index in [0.717, 1.165) is 0 Å². The first-order chi connectivity index (χ1) is 14.9. The number of halogens is 3. The van der Waals surface area contributed by atoms with E-state index in [2.05, 4.69) is 20.8 Å². The quantitative estimate of drug-likeness (QED) is 0.456. The molecule has 0 atom stereocenters. The summed E-state index contributed by atoms with van der Waals surface area (Å²) < 4.78 is 14.7. The Bertz CT molecular complexity index is 1090. The molecule has 2 amide bonds. The molecule has 31 heavy (non-hydrogen) atoms. The van der Waals surface area contributed by atoms with E-state index < -0.39 is 0 Å². The van der Waals surface area contributed by atoms with Gasteiger partial charge in [0.05, 0.1) is 27.9 Å². The summed E-state index contributed by atoms with van der Waals surface area (Å²) in [6, 6.07) is 10.5. The number of hydrogen-bond donors (Lipinski definition) is 2. The van der Waals surface area contributed by atoms with Gasteiger partial charge < -0.3 is 15.2 Å². The van der Waals surface area contributed by atoms with Crippen molar-refractivity contribution in [3.63, 3.8) is 0 Å². The topological polar surface area (TPSA) is 88.9 Å². The number of thioether (sulfide) groups is 1. The molecule has 3 aromatic rings. The Hall–Kier alpha value is -2.62. The zero-order valence-corrected chi connectivity index (χ0v) is 18.7. The van der Waals surface area contributed by atoms with Crippen LogP contribution in [0.2, 0.25) is 10.0 Å². The molecular weight excluding hydrogens is 464 g/mol. The molecule has 3 rings (SSSR count). The van der Waals surface area contributed by atoms with Gasteiger partial charge in [0, 0.05) is 12.2 Å². The second kappa shape index (κ2) is 10.6. The summed E-state index contributed by atoms with van der Waals surface area (Å²) in [5, 5.41) is 14.7. The number of aromatic nitrogens is 3. The molecule has 1 aromatic heterocycles. The summed E-state index contributed by atoms with van der Waals surface area (Å²) in [5.41, 5.74) is 0.912. The normalized spacial score (nSPS) is 10.7. The number of amides is 2. The van der Waals surface area contributed by atoms with E-state index in [-0.39, 0.29) is 34.8 Å². The molecule has 7 nitrogen and oxygen atoms in total. The van der Waals surface area contributed by atoms with E-state index in [0.29, 0.717) is 33.9 Å². The van der Waals surface area contributed by atoms with Gasteiger partial charge in [0.1, 0.15) is 11.6 Å². The third kappa shape index (κ3) is 6.19. The van der Waals surface area contributed by atoms with Gasteiger partial charge in [-0.2, -0.15) is 0 Å². The zero-order valence-electron chi connectivity index (χ0n) is 16.4. The Balaban J connectivity index is 1.59. The van der Waals surface area contributed by atoms with Gasteiger partial charge in [0.25, 0.3) is 0 Å². The summed E-state index contributed by atoms with van der Waals surface area (Å²) in [7, 11) is 0. The largest absolute Gasteiger partial charge is 0.326 e. The Kier molecular flexibility index (Phi) is 7.89. The van der Waals surface area contributed by atoms with Crippen LogP contribution in [0.5, 0.6) is 0 Å². The number of carbonyl (C=O) groups excluding carboxylic acids is 2. The van der Waals surface area contributed by atoms with Crippen LogP contribution in [0, 0.1) is 5.82 Å². The van der Waals surface area contributed by atoms with Crippen molar-refractivity contribution in [1.82, 2.24) is 14.8 Å². The first-order valence-electron chi connectivity index (χ1n) is 9.21. The number of rotatable bonds is 8. The highest BCUT2D eigenvalue weighted by Gasteiger charge is 2.16. The van der Waals surface area contributed by atoms with Gasteiger partial charge in [-0.15, -0.1) is 10.2 Å². The smallest absolute Gasteiger partial charge is 0.234 e. The summed E-state index contributed by atoms with van der Waals surface area (Å²) in [6.07, 6.45) is -0.0108. The van der Waals surface area contributed by atoms with E-state index in [1.54, 1.807) is 22.8 Å². The number of benzene rings is 2. The lowest BCUT2D eigenvalue weighted by molar-refractivity contribution is -0.116. The zero-order chi connectivity index (χ0) is 22.4. The first kappa shape index (κ1) is 23.1. The van der Waals surface area contributed by atoms with Crippen LogP contribution in [0.3, 0.4) is 0 Å². The van der Waals surface area contributed by atoms with E-state index in [1.165, 1.54) is 36.0 Å². The fraction of sp³-hybridized carbons (Fsp3) is 0.200. The van der Waals surface area contributed by atoms with Crippen LogP contribution in [0.1, 0.15) is 12.7 Å². The molecule has 0 aliphatic carbocycles. The highest BCUT2D eigenvalue weighted by atomic mass is 35.5. The molecule has 1 heterocycles. The standard InChI is InChI=1S/C20H18Cl2FN5O2S/c1-2-28-16(10-17(29)24-13-8-6-12(23)7-9-13)26-27-20(28)31-11-18(30)25-15-5-3-4-14(21)19(15)22/h3-9H,2,10-11H2,1H3,(H,24,29)(H,25,30). The lowest BCUT2D eigenvalue weighted by Crippen LogP contribution is -2.18. The molecule has 11 heteroatoms. The van der Waals surface area contributed by atoms with Crippen LogP contribution < -0.4 is 10.6 Å². The molecule has 0 bridgehead atoms. The molecule has 162 valence electrons. The van der Waals surface area contributed by atoms with E-state index in [1.807, 2.05) is 6.92 Å². The van der Waals surface area contributed by atoms with Crippen molar-refractivity contribution < 1.29 is 14.0 Å². The SMILES string of the molecule is CCn1c(CC(=O)Nc2ccc(F)cc2)nnc1SCC(=O)Nc1cccc(Cl)c1Cl. The molecule has 2 N–H and O–H groups in total. The minimum absolute atomic E-state index is 0.0108. The molecule has 0 radical (unpaired) electrons. The average molecular weight is 482 g/mol. The van der Waals surface area contributed by atoms with Gasteiger partial charge in [-0.1, -0.05) is 41.0 Å². The molecule has 0 spiro atoms. The number of hydrogen-bond acceptors (Lipinski definition) is 5. The van der Waals surface area contributed by atoms with Crippen molar-refractivity contribution >= 4 is 58.2 Å². The van der Waals surface area contributed by atoms with Gasteiger partial charge in [0.2, 0.25) is 11.8 Å². The van der Waals surface area contributed by atoms with Gasteiger partial charge >= 0.3 is 0 Å². The van der Waals surface area contributed by atoms with Crippen molar-refractivity contribution in [1.29, 1.82) is 0 Å². The molecule has 0 aliphatic heterocycles. The van der Waals surface area contributed by atoms with Crippen LogP contribution in [-0.4, -0.2) is 32.3 Å². The number of nitrogens with zero attached hydrogens (tertiary/aromatic N) is 3. The van der Waals surface area contributed by atoms with Crippen LogP contribution in [0.15, 0.2) is 47.6 Å². The van der Waals surface area contributed by atoms with E-state index in [4.69, 9.17) is 23.2 Å². The predicted octanol–water partition coefficient (Wildman–Crippen LogP) is 4.66. The van der Waals surface area contributed by atoms with Crippen molar-refractivity contribution in [2.75, 3.05) is 16.4 Å². The van der Waals surface area contributed by atoms with Gasteiger partial charge in [-0.25, -0.2) is 4.39 Å². The van der Waals surface area contributed by atoms with Crippen molar-refractivity contribution in [3.05, 3.63) is 64.2 Å². The van der Waals surface area contributed by atoms with Crippen LogP contribution in [0.25, 0.3) is 0 Å². The predicted molar refractivity (Wildman–Crippen MR) is 120 cm³/mol. The molecule has 0 saturated heterocycles. The Labute approximate surface area is 192 Å².